The second-order valence-corrected chi connectivity index (χ2v) is 6.63. The van der Waals surface area contributed by atoms with Crippen molar-refractivity contribution in [2.24, 2.45) is 11.7 Å². The highest BCUT2D eigenvalue weighted by Gasteiger charge is 2.41. The fourth-order valence-corrected chi connectivity index (χ4v) is 3.97. The van der Waals surface area contributed by atoms with Gasteiger partial charge in [-0.1, -0.05) is 19.8 Å². The minimum Gasteiger partial charge on any atom is -0.375 e. The van der Waals surface area contributed by atoms with E-state index in [1.165, 1.54) is 44.3 Å². The van der Waals surface area contributed by atoms with Crippen LogP contribution in [-0.4, -0.2) is 29.8 Å². The standard InChI is InChI=1S/C13H25NOS/c1-2-16-10-12(14)11-5-8-15-13(9-11)6-3-4-7-13/h11-12H,2-10,14H2,1H3. The van der Waals surface area contributed by atoms with Crippen LogP contribution in [0.3, 0.4) is 0 Å². The molecule has 1 heterocycles. The normalized spacial score (nSPS) is 30.8. The number of nitrogens with two attached hydrogens (primary N) is 1. The Morgan fingerprint density at radius 2 is 2.19 bits per heavy atom. The van der Waals surface area contributed by atoms with Crippen molar-refractivity contribution < 1.29 is 4.74 Å². The Labute approximate surface area is 104 Å². The van der Waals surface area contributed by atoms with Gasteiger partial charge >= 0.3 is 0 Å². The van der Waals surface area contributed by atoms with E-state index in [9.17, 15) is 0 Å². The van der Waals surface area contributed by atoms with Gasteiger partial charge < -0.3 is 10.5 Å². The van der Waals surface area contributed by atoms with E-state index in [1.807, 2.05) is 11.8 Å². The Morgan fingerprint density at radius 3 is 2.88 bits per heavy atom. The van der Waals surface area contributed by atoms with Crippen LogP contribution >= 0.6 is 11.8 Å². The van der Waals surface area contributed by atoms with E-state index in [2.05, 4.69) is 6.92 Å². The second-order valence-electron chi connectivity index (χ2n) is 5.31. The molecule has 0 radical (unpaired) electrons. The summed E-state index contributed by atoms with van der Waals surface area (Å²) in [5.41, 5.74) is 6.54. The van der Waals surface area contributed by atoms with Crippen molar-refractivity contribution in [1.82, 2.24) is 0 Å². The predicted octanol–water partition coefficient (Wildman–Crippen LogP) is 2.81. The van der Waals surface area contributed by atoms with E-state index in [0.29, 0.717) is 12.0 Å². The number of ether oxygens (including phenoxy) is 1. The number of hydrogen-bond acceptors (Lipinski definition) is 3. The molecule has 2 nitrogen and oxygen atoms in total. The van der Waals surface area contributed by atoms with Gasteiger partial charge in [0.25, 0.3) is 0 Å². The number of thioether (sulfide) groups is 1. The molecule has 2 unspecified atom stereocenters. The zero-order valence-electron chi connectivity index (χ0n) is 10.4. The average Bonchev–Trinajstić information content (AvgIpc) is 2.74. The third kappa shape index (κ3) is 2.93. The summed E-state index contributed by atoms with van der Waals surface area (Å²) in [4.78, 5) is 0. The second kappa shape index (κ2) is 5.74. The first kappa shape index (κ1) is 12.7. The maximum absolute atomic E-state index is 6.31. The SMILES string of the molecule is CCSCC(N)C1CCOC2(CCCC2)C1. The van der Waals surface area contributed by atoms with Gasteiger partial charge in [0, 0.05) is 18.4 Å². The summed E-state index contributed by atoms with van der Waals surface area (Å²) in [6.07, 6.45) is 7.65. The number of hydrogen-bond donors (Lipinski definition) is 1. The molecule has 1 aliphatic carbocycles. The largest absolute Gasteiger partial charge is 0.375 e. The fraction of sp³-hybridized carbons (Fsp3) is 1.00. The van der Waals surface area contributed by atoms with Crippen LogP contribution in [0.4, 0.5) is 0 Å². The van der Waals surface area contributed by atoms with E-state index < -0.39 is 0 Å². The molecule has 2 N–H and O–H groups in total. The molecule has 94 valence electrons. The third-order valence-corrected chi connectivity index (χ3v) is 5.19. The highest BCUT2D eigenvalue weighted by Crippen LogP contribution is 2.42. The Kier molecular flexibility index (Phi) is 4.57. The first-order chi connectivity index (χ1) is 7.76. The van der Waals surface area contributed by atoms with E-state index in [0.717, 1.165) is 12.4 Å². The molecule has 0 aromatic rings. The lowest BCUT2D eigenvalue weighted by Crippen LogP contribution is -2.44. The molecule has 0 aromatic heterocycles. The van der Waals surface area contributed by atoms with Gasteiger partial charge in [0.2, 0.25) is 0 Å². The quantitative estimate of drug-likeness (QED) is 0.824. The molecule has 2 atom stereocenters. The predicted molar refractivity (Wildman–Crippen MR) is 70.8 cm³/mol. The highest BCUT2D eigenvalue weighted by atomic mass is 32.2. The van der Waals surface area contributed by atoms with Crippen LogP contribution in [0.1, 0.15) is 45.4 Å². The smallest absolute Gasteiger partial charge is 0.0685 e. The van der Waals surface area contributed by atoms with E-state index in [1.54, 1.807) is 0 Å². The zero-order valence-corrected chi connectivity index (χ0v) is 11.2. The highest BCUT2D eigenvalue weighted by molar-refractivity contribution is 7.99. The molecule has 0 aromatic carbocycles. The van der Waals surface area contributed by atoms with Crippen molar-refractivity contribution in [2.45, 2.75) is 57.1 Å². The van der Waals surface area contributed by atoms with Crippen LogP contribution in [-0.2, 0) is 4.74 Å². The van der Waals surface area contributed by atoms with Crippen LogP contribution in [0.2, 0.25) is 0 Å². The molecular weight excluding hydrogens is 218 g/mol. The molecule has 16 heavy (non-hydrogen) atoms. The van der Waals surface area contributed by atoms with Crippen LogP contribution in [0.25, 0.3) is 0 Å². The summed E-state index contributed by atoms with van der Waals surface area (Å²) in [6, 6.07) is 0.381. The van der Waals surface area contributed by atoms with Crippen LogP contribution in [0, 0.1) is 5.92 Å². The van der Waals surface area contributed by atoms with Crippen molar-refractivity contribution in [2.75, 3.05) is 18.1 Å². The van der Waals surface area contributed by atoms with Crippen molar-refractivity contribution in [3.8, 4) is 0 Å². The molecule has 1 aliphatic heterocycles. The number of rotatable bonds is 4. The van der Waals surface area contributed by atoms with Gasteiger partial charge in [-0.05, 0) is 37.4 Å². The lowest BCUT2D eigenvalue weighted by Gasteiger charge is -2.40. The fourth-order valence-electron chi connectivity index (χ4n) is 3.19. The minimum absolute atomic E-state index is 0.234. The Balaban J connectivity index is 1.85. The first-order valence-electron chi connectivity index (χ1n) is 6.73. The molecule has 0 bridgehead atoms. The van der Waals surface area contributed by atoms with Gasteiger partial charge in [0.1, 0.15) is 0 Å². The topological polar surface area (TPSA) is 35.2 Å². The van der Waals surface area contributed by atoms with Gasteiger partial charge in [0.05, 0.1) is 5.60 Å². The van der Waals surface area contributed by atoms with Crippen molar-refractivity contribution in [1.29, 1.82) is 0 Å². The van der Waals surface area contributed by atoms with Crippen LogP contribution in [0.15, 0.2) is 0 Å². The maximum Gasteiger partial charge on any atom is 0.0685 e. The summed E-state index contributed by atoms with van der Waals surface area (Å²) in [5.74, 6) is 3.00. The summed E-state index contributed by atoms with van der Waals surface area (Å²) in [6.45, 7) is 3.15. The summed E-state index contributed by atoms with van der Waals surface area (Å²) in [5, 5.41) is 0. The van der Waals surface area contributed by atoms with Gasteiger partial charge in [-0.2, -0.15) is 11.8 Å². The summed E-state index contributed by atoms with van der Waals surface area (Å²) < 4.78 is 6.05. The molecule has 1 saturated carbocycles. The van der Waals surface area contributed by atoms with Crippen molar-refractivity contribution in [3.63, 3.8) is 0 Å². The molecular formula is C13H25NOS. The Hall–Kier alpha value is 0.270. The lowest BCUT2D eigenvalue weighted by molar-refractivity contribution is -0.0951. The first-order valence-corrected chi connectivity index (χ1v) is 7.88. The molecule has 1 spiro atoms. The molecule has 0 amide bonds. The monoisotopic (exact) mass is 243 g/mol. The maximum atomic E-state index is 6.31. The molecule has 3 heteroatoms. The lowest BCUT2D eigenvalue weighted by atomic mass is 9.81. The van der Waals surface area contributed by atoms with Crippen molar-refractivity contribution >= 4 is 11.8 Å². The van der Waals surface area contributed by atoms with Gasteiger partial charge in [-0.25, -0.2) is 0 Å². The molecule has 2 aliphatic rings. The van der Waals surface area contributed by atoms with Gasteiger partial charge in [0.15, 0.2) is 0 Å². The zero-order chi connectivity index (χ0) is 11.4. The van der Waals surface area contributed by atoms with E-state index in [-0.39, 0.29) is 5.60 Å². The van der Waals surface area contributed by atoms with Crippen LogP contribution in [0.5, 0.6) is 0 Å². The van der Waals surface area contributed by atoms with Gasteiger partial charge in [-0.3, -0.25) is 0 Å². The molecule has 1 saturated heterocycles. The third-order valence-electron chi connectivity index (χ3n) is 4.17. The van der Waals surface area contributed by atoms with Crippen LogP contribution < -0.4 is 5.73 Å². The summed E-state index contributed by atoms with van der Waals surface area (Å²) in [7, 11) is 0. The molecule has 2 rings (SSSR count). The Morgan fingerprint density at radius 1 is 1.44 bits per heavy atom. The average molecular weight is 243 g/mol. The van der Waals surface area contributed by atoms with E-state index >= 15 is 0 Å². The summed E-state index contributed by atoms with van der Waals surface area (Å²) >= 11 is 1.98. The van der Waals surface area contributed by atoms with E-state index in [4.69, 9.17) is 10.5 Å². The molecule has 2 fully saturated rings. The Bertz CT molecular complexity index is 216. The van der Waals surface area contributed by atoms with Gasteiger partial charge in [-0.15, -0.1) is 0 Å². The minimum atomic E-state index is 0.234. The van der Waals surface area contributed by atoms with Crippen molar-refractivity contribution in [3.05, 3.63) is 0 Å².